The maximum Gasteiger partial charge on any atom is 0.316 e. The number of carbonyl (C=O) groups excluding carboxylic acids is 1. The number of hydrogen-bond donors (Lipinski definition) is 0. The lowest BCUT2D eigenvalue weighted by Gasteiger charge is -2.52. The topological polar surface area (TPSA) is 82.4 Å². The van der Waals surface area contributed by atoms with Crippen molar-refractivity contribution in [2.75, 3.05) is 19.7 Å². The zero-order valence-corrected chi connectivity index (χ0v) is 14.4. The first-order valence-electron chi connectivity index (χ1n) is 8.42. The van der Waals surface area contributed by atoms with Gasteiger partial charge >= 0.3 is 6.01 Å². The zero-order chi connectivity index (χ0) is 17.4. The fourth-order valence-electron chi connectivity index (χ4n) is 3.42. The van der Waals surface area contributed by atoms with E-state index >= 15 is 0 Å². The molecule has 0 aromatic carbocycles. The van der Waals surface area contributed by atoms with Gasteiger partial charge in [0, 0.05) is 38.0 Å². The number of likely N-dealkylation sites (tertiary alicyclic amines) is 1. The Morgan fingerprint density at radius 3 is 2.96 bits per heavy atom. The van der Waals surface area contributed by atoms with Crippen molar-refractivity contribution >= 4 is 5.91 Å². The molecule has 132 valence electrons. The Labute approximate surface area is 145 Å². The van der Waals surface area contributed by atoms with Crippen LogP contribution in [-0.4, -0.2) is 62.0 Å². The monoisotopic (exact) mass is 343 g/mol. The van der Waals surface area contributed by atoms with Crippen molar-refractivity contribution in [2.24, 2.45) is 7.05 Å². The highest BCUT2D eigenvalue weighted by molar-refractivity contribution is 5.93. The van der Waals surface area contributed by atoms with E-state index in [1.54, 1.807) is 35.1 Å². The first-order chi connectivity index (χ1) is 12.0. The minimum Gasteiger partial charge on any atom is -0.460 e. The minimum absolute atomic E-state index is 0.00246. The number of rotatable bonds is 3. The second kappa shape index (κ2) is 6.11. The number of ether oxygens (including phenoxy) is 2. The van der Waals surface area contributed by atoms with Crippen molar-refractivity contribution < 1.29 is 14.3 Å². The number of amides is 1. The molecule has 2 aliphatic heterocycles. The van der Waals surface area contributed by atoms with Crippen LogP contribution in [0.4, 0.5) is 0 Å². The molecule has 0 N–H and O–H groups in total. The molecule has 25 heavy (non-hydrogen) atoms. The second-order valence-corrected chi connectivity index (χ2v) is 6.78. The first-order valence-corrected chi connectivity index (χ1v) is 8.42. The van der Waals surface area contributed by atoms with Gasteiger partial charge in [-0.25, -0.2) is 9.97 Å². The van der Waals surface area contributed by atoms with Gasteiger partial charge in [0.25, 0.3) is 5.91 Å². The summed E-state index contributed by atoms with van der Waals surface area (Å²) in [5.41, 5.74) is 1.02. The molecular formula is C17H21N5O3. The highest BCUT2D eigenvalue weighted by Crippen LogP contribution is 2.36. The third kappa shape index (κ3) is 3.21. The smallest absolute Gasteiger partial charge is 0.316 e. The van der Waals surface area contributed by atoms with Crippen molar-refractivity contribution in [1.82, 2.24) is 24.6 Å². The number of aromatic nitrogens is 4. The fourth-order valence-corrected chi connectivity index (χ4v) is 3.42. The van der Waals surface area contributed by atoms with Crippen molar-refractivity contribution in [2.45, 2.75) is 31.5 Å². The maximum absolute atomic E-state index is 12.4. The van der Waals surface area contributed by atoms with Crippen LogP contribution in [0.15, 0.2) is 24.5 Å². The Balaban J connectivity index is 1.37. The van der Waals surface area contributed by atoms with Gasteiger partial charge in [-0.1, -0.05) is 0 Å². The second-order valence-electron chi connectivity index (χ2n) is 6.78. The highest BCUT2D eigenvalue weighted by atomic mass is 16.5. The predicted molar refractivity (Wildman–Crippen MR) is 88.2 cm³/mol. The van der Waals surface area contributed by atoms with E-state index in [-0.39, 0.29) is 17.6 Å². The van der Waals surface area contributed by atoms with Gasteiger partial charge < -0.3 is 14.4 Å². The third-order valence-corrected chi connectivity index (χ3v) is 4.67. The summed E-state index contributed by atoms with van der Waals surface area (Å²) in [6.07, 6.45) is 5.00. The summed E-state index contributed by atoms with van der Waals surface area (Å²) in [6.45, 7) is 3.66. The van der Waals surface area contributed by atoms with Gasteiger partial charge in [-0.3, -0.25) is 9.48 Å². The summed E-state index contributed by atoms with van der Waals surface area (Å²) in [6, 6.07) is 3.98. The fraction of sp³-hybridized carbons (Fsp3) is 0.529. The van der Waals surface area contributed by atoms with E-state index in [9.17, 15) is 4.79 Å². The lowest BCUT2D eigenvalue weighted by Crippen LogP contribution is -2.67. The normalized spacial score (nSPS) is 21.8. The quantitative estimate of drug-likeness (QED) is 0.826. The van der Waals surface area contributed by atoms with Crippen LogP contribution in [0, 0.1) is 6.92 Å². The van der Waals surface area contributed by atoms with Crippen LogP contribution in [0.3, 0.4) is 0 Å². The maximum atomic E-state index is 12.4. The minimum atomic E-state index is -0.322. The molecule has 2 aliphatic rings. The van der Waals surface area contributed by atoms with E-state index in [1.165, 1.54) is 0 Å². The summed E-state index contributed by atoms with van der Waals surface area (Å²) in [4.78, 5) is 22.6. The average molecular weight is 343 g/mol. The molecule has 2 aromatic rings. The lowest BCUT2D eigenvalue weighted by atomic mass is 9.84. The molecule has 4 heterocycles. The third-order valence-electron chi connectivity index (χ3n) is 4.67. The molecule has 8 heteroatoms. The van der Waals surface area contributed by atoms with Gasteiger partial charge in [-0.05, 0) is 19.1 Å². The van der Waals surface area contributed by atoms with E-state index in [0.717, 1.165) is 18.5 Å². The Bertz CT molecular complexity index is 784. The van der Waals surface area contributed by atoms with Crippen molar-refractivity contribution in [3.63, 3.8) is 0 Å². The van der Waals surface area contributed by atoms with Gasteiger partial charge in [0.2, 0.25) is 0 Å². The van der Waals surface area contributed by atoms with Crippen LogP contribution >= 0.6 is 0 Å². The Morgan fingerprint density at radius 2 is 2.24 bits per heavy atom. The van der Waals surface area contributed by atoms with E-state index in [0.29, 0.717) is 31.4 Å². The number of carbonyl (C=O) groups is 1. The number of nitrogens with zero attached hydrogens (tertiary/aromatic N) is 5. The lowest BCUT2D eigenvalue weighted by molar-refractivity contribution is -0.174. The van der Waals surface area contributed by atoms with Gasteiger partial charge in [-0.15, -0.1) is 0 Å². The van der Waals surface area contributed by atoms with Crippen molar-refractivity contribution in [3.05, 3.63) is 35.9 Å². The zero-order valence-electron chi connectivity index (χ0n) is 14.4. The summed E-state index contributed by atoms with van der Waals surface area (Å²) < 4.78 is 13.5. The van der Waals surface area contributed by atoms with E-state index < -0.39 is 0 Å². The predicted octanol–water partition coefficient (Wildman–Crippen LogP) is 0.971. The molecule has 4 rings (SSSR count). The molecule has 1 atom stereocenters. The van der Waals surface area contributed by atoms with Crippen LogP contribution in [0.2, 0.25) is 0 Å². The molecule has 1 spiro atoms. The van der Waals surface area contributed by atoms with Gasteiger partial charge in [0.15, 0.2) is 0 Å². The summed E-state index contributed by atoms with van der Waals surface area (Å²) in [7, 11) is 1.80. The largest absolute Gasteiger partial charge is 0.460 e. The van der Waals surface area contributed by atoms with Crippen LogP contribution in [0.1, 0.15) is 29.0 Å². The molecule has 1 unspecified atom stereocenters. The van der Waals surface area contributed by atoms with Gasteiger partial charge in [0.05, 0.1) is 19.7 Å². The molecule has 8 nitrogen and oxygen atoms in total. The summed E-state index contributed by atoms with van der Waals surface area (Å²) in [5.74, 6) is -0.0557. The van der Waals surface area contributed by atoms with E-state index in [4.69, 9.17) is 9.47 Å². The van der Waals surface area contributed by atoms with Gasteiger partial charge in [-0.2, -0.15) is 5.10 Å². The molecule has 1 amide bonds. The first kappa shape index (κ1) is 16.0. The Morgan fingerprint density at radius 1 is 1.40 bits per heavy atom. The van der Waals surface area contributed by atoms with Crippen LogP contribution in [-0.2, 0) is 11.8 Å². The molecule has 0 radical (unpaired) electrons. The Kier molecular flexibility index (Phi) is 3.91. The van der Waals surface area contributed by atoms with E-state index in [2.05, 4.69) is 15.1 Å². The molecule has 0 bridgehead atoms. The highest BCUT2D eigenvalue weighted by Gasteiger charge is 2.50. The van der Waals surface area contributed by atoms with Crippen LogP contribution < -0.4 is 4.74 Å². The molecule has 0 aliphatic carbocycles. The average Bonchev–Trinajstić information content (AvgIpc) is 2.99. The summed E-state index contributed by atoms with van der Waals surface area (Å²) in [5, 5.41) is 4.17. The molecule has 2 saturated heterocycles. The SMILES string of the molecule is Cc1ccnc(OC2CCOC3(C2)CN(C(=O)c2ccn(C)n2)C3)n1. The molecule has 0 saturated carbocycles. The standard InChI is InChI=1S/C17H21N5O3/c1-12-3-6-18-16(19-12)25-13-5-8-24-17(9-13)10-22(11-17)15(23)14-4-7-21(2)20-14/h3-4,6-7,13H,5,8-11H2,1-2H3. The van der Waals surface area contributed by atoms with E-state index in [1.807, 2.05) is 13.0 Å². The van der Waals surface area contributed by atoms with Crippen molar-refractivity contribution in [3.8, 4) is 6.01 Å². The van der Waals surface area contributed by atoms with Crippen molar-refractivity contribution in [1.29, 1.82) is 0 Å². The van der Waals surface area contributed by atoms with Crippen LogP contribution in [0.25, 0.3) is 0 Å². The number of hydrogen-bond acceptors (Lipinski definition) is 6. The summed E-state index contributed by atoms with van der Waals surface area (Å²) >= 11 is 0. The molecular weight excluding hydrogens is 322 g/mol. The molecule has 2 fully saturated rings. The van der Waals surface area contributed by atoms with Crippen LogP contribution in [0.5, 0.6) is 6.01 Å². The Hall–Kier alpha value is -2.48. The molecule has 2 aromatic heterocycles. The van der Waals surface area contributed by atoms with Gasteiger partial charge in [0.1, 0.15) is 17.4 Å². The number of aryl methyl sites for hydroxylation is 2.